The molecule has 0 aliphatic carbocycles. The van der Waals surface area contributed by atoms with Crippen LogP contribution in [0.1, 0.15) is 33.6 Å². The molecule has 0 atom stereocenters. The molecule has 0 saturated heterocycles. The lowest BCUT2D eigenvalue weighted by atomic mass is 9.90. The summed E-state index contributed by atoms with van der Waals surface area (Å²) in [6.45, 7) is 9.47. The van der Waals surface area contributed by atoms with Gasteiger partial charge in [0.1, 0.15) is 0 Å². The molecule has 0 fully saturated rings. The molecule has 96 valence electrons. The summed E-state index contributed by atoms with van der Waals surface area (Å²) < 4.78 is 5.06. The van der Waals surface area contributed by atoms with Gasteiger partial charge in [-0.25, -0.2) is 0 Å². The van der Waals surface area contributed by atoms with Crippen molar-refractivity contribution in [1.29, 1.82) is 0 Å². The number of hydrogen-bond acceptors (Lipinski definition) is 3. The zero-order valence-electron chi connectivity index (χ0n) is 11.1. The minimum absolute atomic E-state index is 0.115. The second-order valence-electron chi connectivity index (χ2n) is 4.79. The Bertz CT molecular complexity index is 193. The van der Waals surface area contributed by atoms with Crippen molar-refractivity contribution in [3.63, 3.8) is 0 Å². The monoisotopic (exact) mass is 230 g/mol. The maximum atomic E-state index is 11.2. The van der Waals surface area contributed by atoms with Crippen LogP contribution in [0, 0.1) is 5.41 Å². The highest BCUT2D eigenvalue weighted by atomic mass is 16.5. The van der Waals surface area contributed by atoms with Crippen LogP contribution in [0.15, 0.2) is 0 Å². The van der Waals surface area contributed by atoms with Crippen LogP contribution < -0.4 is 10.6 Å². The van der Waals surface area contributed by atoms with Gasteiger partial charge in [-0.3, -0.25) is 4.79 Å². The minimum atomic E-state index is 0.115. The number of amides is 1. The van der Waals surface area contributed by atoms with E-state index in [-0.39, 0.29) is 11.3 Å². The topological polar surface area (TPSA) is 50.4 Å². The van der Waals surface area contributed by atoms with Gasteiger partial charge in [-0.1, -0.05) is 13.8 Å². The molecule has 1 amide bonds. The van der Waals surface area contributed by atoms with Gasteiger partial charge in [-0.2, -0.15) is 0 Å². The van der Waals surface area contributed by atoms with Crippen LogP contribution in [-0.4, -0.2) is 39.3 Å². The van der Waals surface area contributed by atoms with Gasteiger partial charge in [0.05, 0.1) is 0 Å². The first-order valence-corrected chi connectivity index (χ1v) is 5.98. The zero-order valence-corrected chi connectivity index (χ0v) is 11.1. The SMILES string of the molecule is CCNC(=O)CCNCC(C)(C)CCOC. The molecule has 0 aromatic heterocycles. The fourth-order valence-electron chi connectivity index (χ4n) is 1.38. The van der Waals surface area contributed by atoms with Crippen LogP contribution >= 0.6 is 0 Å². The third-order valence-corrected chi connectivity index (χ3v) is 2.49. The van der Waals surface area contributed by atoms with E-state index < -0.39 is 0 Å². The maximum absolute atomic E-state index is 11.2. The van der Waals surface area contributed by atoms with Gasteiger partial charge >= 0.3 is 0 Å². The van der Waals surface area contributed by atoms with Gasteiger partial charge < -0.3 is 15.4 Å². The average Bonchev–Trinajstić information content (AvgIpc) is 2.22. The molecule has 4 heteroatoms. The van der Waals surface area contributed by atoms with Crippen LogP contribution in [0.3, 0.4) is 0 Å². The highest BCUT2D eigenvalue weighted by molar-refractivity contribution is 5.75. The molecule has 2 N–H and O–H groups in total. The Balaban J connectivity index is 3.52. The second kappa shape index (κ2) is 8.53. The summed E-state index contributed by atoms with van der Waals surface area (Å²) in [5, 5.41) is 6.09. The van der Waals surface area contributed by atoms with Gasteiger partial charge in [0.25, 0.3) is 0 Å². The van der Waals surface area contributed by atoms with E-state index >= 15 is 0 Å². The highest BCUT2D eigenvalue weighted by Gasteiger charge is 2.16. The Hall–Kier alpha value is -0.610. The zero-order chi connectivity index (χ0) is 12.4. The van der Waals surface area contributed by atoms with Crippen molar-refractivity contribution in [2.75, 3.05) is 33.4 Å². The van der Waals surface area contributed by atoms with Crippen molar-refractivity contribution in [3.8, 4) is 0 Å². The molecule has 0 aromatic rings. The second-order valence-corrected chi connectivity index (χ2v) is 4.79. The molecule has 0 aliphatic rings. The standard InChI is InChI=1S/C12H26N2O2/c1-5-14-11(15)6-8-13-10-12(2,3)7-9-16-4/h13H,5-10H2,1-4H3,(H,14,15). The summed E-state index contributed by atoms with van der Waals surface area (Å²) in [6.07, 6.45) is 1.58. The van der Waals surface area contributed by atoms with Crippen LogP contribution in [0.4, 0.5) is 0 Å². The molecule has 0 heterocycles. The van der Waals surface area contributed by atoms with Gasteiger partial charge in [0.2, 0.25) is 5.91 Å². The summed E-state index contributed by atoms with van der Waals surface area (Å²) in [7, 11) is 1.72. The maximum Gasteiger partial charge on any atom is 0.221 e. The minimum Gasteiger partial charge on any atom is -0.385 e. The fourth-order valence-corrected chi connectivity index (χ4v) is 1.38. The Kier molecular flexibility index (Phi) is 8.21. The Morgan fingerprint density at radius 1 is 1.38 bits per heavy atom. The van der Waals surface area contributed by atoms with Crippen molar-refractivity contribution in [2.24, 2.45) is 5.41 Å². The van der Waals surface area contributed by atoms with E-state index in [0.29, 0.717) is 13.0 Å². The molecule has 0 spiro atoms. The fraction of sp³-hybridized carbons (Fsp3) is 0.917. The van der Waals surface area contributed by atoms with E-state index in [4.69, 9.17) is 4.74 Å². The largest absolute Gasteiger partial charge is 0.385 e. The lowest BCUT2D eigenvalue weighted by Crippen LogP contribution is -2.33. The van der Waals surface area contributed by atoms with Crippen molar-refractivity contribution in [2.45, 2.75) is 33.6 Å². The van der Waals surface area contributed by atoms with E-state index in [9.17, 15) is 4.79 Å². The van der Waals surface area contributed by atoms with Crippen molar-refractivity contribution in [3.05, 3.63) is 0 Å². The molecule has 0 unspecified atom stereocenters. The number of nitrogens with one attached hydrogen (secondary N) is 2. The number of carbonyl (C=O) groups excluding carboxylic acids is 1. The Morgan fingerprint density at radius 2 is 2.06 bits per heavy atom. The smallest absolute Gasteiger partial charge is 0.221 e. The molecule has 4 nitrogen and oxygen atoms in total. The third-order valence-electron chi connectivity index (χ3n) is 2.49. The summed E-state index contributed by atoms with van der Waals surface area (Å²) in [6, 6.07) is 0. The van der Waals surface area contributed by atoms with Gasteiger partial charge in [0.15, 0.2) is 0 Å². The molecule has 0 rings (SSSR count). The van der Waals surface area contributed by atoms with E-state index in [1.807, 2.05) is 6.92 Å². The highest BCUT2D eigenvalue weighted by Crippen LogP contribution is 2.18. The summed E-state index contributed by atoms with van der Waals surface area (Å²) >= 11 is 0. The van der Waals surface area contributed by atoms with Gasteiger partial charge in [0, 0.05) is 39.8 Å². The van der Waals surface area contributed by atoms with Crippen LogP contribution in [-0.2, 0) is 9.53 Å². The van der Waals surface area contributed by atoms with Gasteiger partial charge in [-0.15, -0.1) is 0 Å². The number of carbonyl (C=O) groups is 1. The van der Waals surface area contributed by atoms with Crippen LogP contribution in [0.2, 0.25) is 0 Å². The first-order valence-electron chi connectivity index (χ1n) is 5.98. The van der Waals surface area contributed by atoms with Crippen molar-refractivity contribution < 1.29 is 9.53 Å². The predicted molar refractivity (Wildman–Crippen MR) is 66.4 cm³/mol. The summed E-state index contributed by atoms with van der Waals surface area (Å²) in [4.78, 5) is 11.2. The summed E-state index contributed by atoms with van der Waals surface area (Å²) in [5.41, 5.74) is 0.219. The molecule has 0 radical (unpaired) electrons. The lowest BCUT2D eigenvalue weighted by Gasteiger charge is -2.24. The quantitative estimate of drug-likeness (QED) is 0.585. The van der Waals surface area contributed by atoms with E-state index in [0.717, 1.165) is 26.1 Å². The molecule has 16 heavy (non-hydrogen) atoms. The number of hydrogen-bond donors (Lipinski definition) is 2. The number of rotatable bonds is 9. The van der Waals surface area contributed by atoms with Crippen LogP contribution in [0.25, 0.3) is 0 Å². The molecular formula is C12H26N2O2. The normalized spacial score (nSPS) is 11.5. The lowest BCUT2D eigenvalue weighted by molar-refractivity contribution is -0.120. The number of methoxy groups -OCH3 is 1. The van der Waals surface area contributed by atoms with Crippen molar-refractivity contribution in [1.82, 2.24) is 10.6 Å². The van der Waals surface area contributed by atoms with Crippen LogP contribution in [0.5, 0.6) is 0 Å². The molecule has 0 aliphatic heterocycles. The molecule has 0 bridgehead atoms. The first-order chi connectivity index (χ1) is 7.52. The predicted octanol–water partition coefficient (Wildman–Crippen LogP) is 1.16. The van der Waals surface area contributed by atoms with Crippen molar-refractivity contribution >= 4 is 5.91 Å². The number of ether oxygens (including phenoxy) is 1. The van der Waals surface area contributed by atoms with E-state index in [1.54, 1.807) is 7.11 Å². The van der Waals surface area contributed by atoms with E-state index in [2.05, 4.69) is 24.5 Å². The molecule has 0 saturated carbocycles. The molecular weight excluding hydrogens is 204 g/mol. The summed E-state index contributed by atoms with van der Waals surface area (Å²) in [5.74, 6) is 0.115. The average molecular weight is 230 g/mol. The third kappa shape index (κ3) is 8.68. The Labute approximate surface area is 99.1 Å². The van der Waals surface area contributed by atoms with Gasteiger partial charge in [-0.05, 0) is 18.8 Å². The van der Waals surface area contributed by atoms with E-state index in [1.165, 1.54) is 0 Å². The Morgan fingerprint density at radius 3 is 2.62 bits per heavy atom. The molecule has 0 aromatic carbocycles. The first kappa shape index (κ1) is 15.4.